The van der Waals surface area contributed by atoms with Crippen LogP contribution in [0.2, 0.25) is 0 Å². The lowest BCUT2D eigenvalue weighted by Gasteiger charge is -2.29. The first-order valence-electron chi connectivity index (χ1n) is 11.7. The highest BCUT2D eigenvalue weighted by atomic mass is 79.9. The van der Waals surface area contributed by atoms with Crippen molar-refractivity contribution in [3.8, 4) is 5.75 Å². The number of benzene rings is 1. The second-order valence-electron chi connectivity index (χ2n) is 9.06. The van der Waals surface area contributed by atoms with E-state index < -0.39 is 0 Å². The van der Waals surface area contributed by atoms with Crippen LogP contribution in [0.15, 0.2) is 40.9 Å². The minimum absolute atomic E-state index is 0.552. The number of nitrogens with one attached hydrogen (secondary N) is 2. The van der Waals surface area contributed by atoms with Crippen LogP contribution in [0.4, 0.5) is 11.8 Å². The molecule has 0 spiro atoms. The fourth-order valence-electron chi connectivity index (χ4n) is 4.61. The minimum Gasteiger partial charge on any atom is -0.496 e. The van der Waals surface area contributed by atoms with E-state index in [1.165, 1.54) is 36.8 Å². The topological polar surface area (TPSA) is 62.3 Å². The van der Waals surface area contributed by atoms with Gasteiger partial charge >= 0.3 is 0 Å². The third kappa shape index (κ3) is 6.15. The van der Waals surface area contributed by atoms with Crippen LogP contribution >= 0.6 is 15.9 Å². The van der Waals surface area contributed by atoms with E-state index in [2.05, 4.69) is 67.9 Å². The normalized spacial score (nSPS) is 19.6. The average Bonchev–Trinajstić information content (AvgIpc) is 3.07. The minimum atomic E-state index is 0.552. The van der Waals surface area contributed by atoms with Crippen LogP contribution < -0.4 is 20.3 Å². The zero-order valence-electron chi connectivity index (χ0n) is 19.8. The van der Waals surface area contributed by atoms with Gasteiger partial charge in [-0.3, -0.25) is 0 Å². The van der Waals surface area contributed by atoms with Crippen molar-refractivity contribution in [1.29, 1.82) is 0 Å². The summed E-state index contributed by atoms with van der Waals surface area (Å²) in [6, 6.07) is 6.77. The highest BCUT2D eigenvalue weighted by Gasteiger charge is 2.22. The molecule has 176 valence electrons. The monoisotopic (exact) mass is 511 g/mol. The van der Waals surface area contributed by atoms with Gasteiger partial charge in [0.05, 0.1) is 12.8 Å². The predicted octanol–water partition coefficient (Wildman–Crippen LogP) is 5.20. The van der Waals surface area contributed by atoms with Gasteiger partial charge in [-0.15, -0.1) is 0 Å². The summed E-state index contributed by atoms with van der Waals surface area (Å²) in [4.78, 5) is 11.7. The molecule has 0 atom stereocenters. The summed E-state index contributed by atoms with van der Waals surface area (Å²) in [6.07, 6.45) is 14.0. The number of aromatic nitrogens is 2. The molecule has 33 heavy (non-hydrogen) atoms. The van der Waals surface area contributed by atoms with Crippen molar-refractivity contribution < 1.29 is 4.74 Å². The number of hydrogen-bond acceptors (Lipinski definition) is 6. The van der Waals surface area contributed by atoms with Gasteiger partial charge in [0, 0.05) is 48.8 Å². The molecule has 2 N–H and O–H groups in total. The summed E-state index contributed by atoms with van der Waals surface area (Å²) < 4.78 is 6.56. The van der Waals surface area contributed by atoms with Gasteiger partial charge in [0.2, 0.25) is 5.95 Å². The summed E-state index contributed by atoms with van der Waals surface area (Å²) in [7, 11) is 5.82. The zero-order chi connectivity index (χ0) is 23.2. The molecule has 2 aliphatic carbocycles. The third-order valence-electron chi connectivity index (χ3n) is 6.49. The van der Waals surface area contributed by atoms with E-state index in [4.69, 9.17) is 14.7 Å². The van der Waals surface area contributed by atoms with Crippen LogP contribution in [-0.4, -0.2) is 43.8 Å². The molecule has 0 aliphatic heterocycles. The molecule has 0 unspecified atom stereocenters. The lowest BCUT2D eigenvalue weighted by Crippen LogP contribution is -2.34. The number of fused-ring (bicyclic) bond motifs is 1. The van der Waals surface area contributed by atoms with Crippen LogP contribution in [0, 0.1) is 5.92 Å². The molecule has 4 rings (SSSR count). The van der Waals surface area contributed by atoms with Gasteiger partial charge in [0.1, 0.15) is 11.6 Å². The average molecular weight is 512 g/mol. The van der Waals surface area contributed by atoms with Crippen molar-refractivity contribution in [3.05, 3.63) is 57.7 Å². The molecule has 1 saturated carbocycles. The summed E-state index contributed by atoms with van der Waals surface area (Å²) in [6.45, 7) is 1.75. The summed E-state index contributed by atoms with van der Waals surface area (Å²) in [5, 5.41) is 7.26. The number of nitrogens with zero attached hydrogens (tertiary/aromatic N) is 3. The first-order valence-corrected chi connectivity index (χ1v) is 12.5. The van der Waals surface area contributed by atoms with Crippen LogP contribution in [0.5, 0.6) is 5.75 Å². The van der Waals surface area contributed by atoms with Crippen LogP contribution in [0.1, 0.15) is 42.5 Å². The highest BCUT2D eigenvalue weighted by Crippen LogP contribution is 2.28. The van der Waals surface area contributed by atoms with Crippen LogP contribution in [-0.2, 0) is 13.0 Å². The molecule has 1 fully saturated rings. The maximum atomic E-state index is 5.52. The Bertz CT molecular complexity index is 1010. The Morgan fingerprint density at radius 2 is 1.94 bits per heavy atom. The van der Waals surface area contributed by atoms with Crippen LogP contribution in [0.25, 0.3) is 6.08 Å². The predicted molar refractivity (Wildman–Crippen MR) is 140 cm³/mol. The molecule has 2 aliphatic rings. The van der Waals surface area contributed by atoms with Crippen molar-refractivity contribution >= 4 is 33.8 Å². The maximum Gasteiger partial charge on any atom is 0.225 e. The summed E-state index contributed by atoms with van der Waals surface area (Å²) in [5.74, 6) is 3.30. The van der Waals surface area contributed by atoms with Crippen molar-refractivity contribution in [1.82, 2.24) is 15.3 Å². The first kappa shape index (κ1) is 23.8. The van der Waals surface area contributed by atoms with Crippen molar-refractivity contribution in [2.45, 2.75) is 44.7 Å². The first-order chi connectivity index (χ1) is 16.0. The van der Waals surface area contributed by atoms with E-state index in [9.17, 15) is 0 Å². The Balaban J connectivity index is 1.29. The number of halogens is 1. The maximum absolute atomic E-state index is 5.52. The number of ether oxygens (including phenoxy) is 1. The molecule has 1 heterocycles. The Kier molecular flexibility index (Phi) is 8.04. The zero-order valence-corrected chi connectivity index (χ0v) is 21.4. The summed E-state index contributed by atoms with van der Waals surface area (Å²) in [5.41, 5.74) is 3.40. The lowest BCUT2D eigenvalue weighted by molar-refractivity contribution is 0.298. The standard InChI is InChI=1S/C26H34BrN5O/c1-32(2)25-22-7-5-4-6-8-23(22)30-26(31-25)29-16-18-9-13-21(14-10-18)28-17-19-11-12-20(27)15-24(19)33-3/h4-6,8,11-12,15,18,21,28H,7,9-10,13-14,16-17H2,1-3H3,(H,29,30,31). The van der Waals surface area contributed by atoms with Gasteiger partial charge in [-0.1, -0.05) is 40.2 Å². The van der Waals surface area contributed by atoms with Crippen molar-refractivity contribution in [2.24, 2.45) is 5.92 Å². The van der Waals surface area contributed by atoms with E-state index in [1.807, 2.05) is 20.2 Å². The Hall–Kier alpha value is -2.38. The van der Waals surface area contributed by atoms with Crippen molar-refractivity contribution in [3.63, 3.8) is 0 Å². The van der Waals surface area contributed by atoms with Gasteiger partial charge in [0.15, 0.2) is 0 Å². The fraction of sp³-hybridized carbons (Fsp3) is 0.462. The number of anilines is 2. The molecule has 7 heteroatoms. The fourth-order valence-corrected chi connectivity index (χ4v) is 4.95. The molecule has 2 aromatic rings. The molecular weight excluding hydrogens is 478 g/mol. The molecule has 1 aromatic heterocycles. The van der Waals surface area contributed by atoms with Gasteiger partial charge in [0.25, 0.3) is 0 Å². The number of allylic oxidation sites excluding steroid dienone is 3. The second kappa shape index (κ2) is 11.2. The van der Waals surface area contributed by atoms with E-state index in [0.717, 1.165) is 47.2 Å². The second-order valence-corrected chi connectivity index (χ2v) is 9.97. The molecule has 0 saturated heterocycles. The molecule has 1 aromatic carbocycles. The molecule has 0 amide bonds. The number of hydrogen-bond donors (Lipinski definition) is 2. The Labute approximate surface area is 205 Å². The summed E-state index contributed by atoms with van der Waals surface area (Å²) >= 11 is 3.51. The number of rotatable bonds is 8. The van der Waals surface area contributed by atoms with Gasteiger partial charge in [-0.2, -0.15) is 4.98 Å². The molecule has 0 bridgehead atoms. The third-order valence-corrected chi connectivity index (χ3v) is 6.98. The van der Waals surface area contributed by atoms with E-state index >= 15 is 0 Å². The van der Waals surface area contributed by atoms with Gasteiger partial charge in [-0.25, -0.2) is 4.98 Å². The largest absolute Gasteiger partial charge is 0.496 e. The van der Waals surface area contributed by atoms with Crippen molar-refractivity contribution in [2.75, 3.05) is 38.0 Å². The Morgan fingerprint density at radius 1 is 1.12 bits per heavy atom. The van der Waals surface area contributed by atoms with Gasteiger partial charge < -0.3 is 20.3 Å². The van der Waals surface area contributed by atoms with Gasteiger partial charge in [-0.05, 0) is 56.2 Å². The Morgan fingerprint density at radius 3 is 2.70 bits per heavy atom. The molecule has 6 nitrogen and oxygen atoms in total. The SMILES string of the molecule is COc1cc(Br)ccc1CNC1CCC(CNc2nc3c(c(N(C)C)n2)CC=CC=C3)CC1. The number of methoxy groups -OCH3 is 1. The lowest BCUT2D eigenvalue weighted by atomic mass is 9.86. The molecular formula is C26H34BrN5O. The highest BCUT2D eigenvalue weighted by molar-refractivity contribution is 9.10. The molecule has 0 radical (unpaired) electrons. The smallest absolute Gasteiger partial charge is 0.225 e. The quantitative estimate of drug-likeness (QED) is 0.507. The van der Waals surface area contributed by atoms with E-state index in [1.54, 1.807) is 7.11 Å². The van der Waals surface area contributed by atoms with E-state index in [0.29, 0.717) is 12.0 Å². The van der Waals surface area contributed by atoms with E-state index in [-0.39, 0.29) is 0 Å². The van der Waals surface area contributed by atoms with Crippen LogP contribution in [0.3, 0.4) is 0 Å².